The zero-order valence-corrected chi connectivity index (χ0v) is 14.1. The summed E-state index contributed by atoms with van der Waals surface area (Å²) in [4.78, 5) is 12.4. The van der Waals surface area contributed by atoms with Crippen LogP contribution in [0.5, 0.6) is 0 Å². The molecule has 0 spiro atoms. The molecule has 0 aliphatic heterocycles. The van der Waals surface area contributed by atoms with Gasteiger partial charge in [-0.1, -0.05) is 29.8 Å². The fourth-order valence-electron chi connectivity index (χ4n) is 2.26. The highest BCUT2D eigenvalue weighted by atomic mass is 79.9. The topological polar surface area (TPSA) is 83.8 Å². The first-order valence-corrected chi connectivity index (χ1v) is 7.52. The molecule has 2 rings (SSSR count). The lowest BCUT2D eigenvalue weighted by molar-refractivity contribution is 0.102. The average molecular weight is 351 g/mol. The number of anilines is 2. The average Bonchev–Trinajstić information content (AvgIpc) is 2.75. The normalized spacial score (nSPS) is 11.0. The van der Waals surface area contributed by atoms with Gasteiger partial charge in [-0.15, -0.1) is 0 Å². The van der Waals surface area contributed by atoms with Gasteiger partial charge < -0.3 is 11.1 Å². The Morgan fingerprint density at radius 1 is 1.33 bits per heavy atom. The van der Waals surface area contributed by atoms with Crippen LogP contribution in [0.25, 0.3) is 0 Å². The summed E-state index contributed by atoms with van der Waals surface area (Å²) in [7, 11) is 0. The van der Waals surface area contributed by atoms with Gasteiger partial charge in [-0.25, -0.2) is 0 Å². The Balaban J connectivity index is 2.31. The second-order valence-electron chi connectivity index (χ2n) is 5.42. The van der Waals surface area contributed by atoms with Crippen molar-refractivity contribution in [2.45, 2.75) is 33.6 Å². The Morgan fingerprint density at radius 3 is 2.38 bits per heavy atom. The number of rotatable bonds is 3. The number of aromatic amines is 1. The van der Waals surface area contributed by atoms with E-state index in [0.29, 0.717) is 5.69 Å². The van der Waals surface area contributed by atoms with Crippen LogP contribution in [0.1, 0.15) is 47.1 Å². The van der Waals surface area contributed by atoms with E-state index in [0.717, 1.165) is 27.0 Å². The van der Waals surface area contributed by atoms with Crippen molar-refractivity contribution >= 4 is 33.2 Å². The van der Waals surface area contributed by atoms with Crippen LogP contribution in [-0.2, 0) is 0 Å². The van der Waals surface area contributed by atoms with Gasteiger partial charge in [-0.05, 0) is 43.0 Å². The summed E-state index contributed by atoms with van der Waals surface area (Å²) in [6, 6.07) is 3.91. The molecule has 21 heavy (non-hydrogen) atoms. The van der Waals surface area contributed by atoms with Crippen molar-refractivity contribution in [1.82, 2.24) is 10.2 Å². The lowest BCUT2D eigenvalue weighted by atomic mass is 10.1. The minimum Gasteiger partial charge on any atom is -0.395 e. The first-order valence-electron chi connectivity index (χ1n) is 6.73. The number of nitrogens with one attached hydrogen (secondary N) is 2. The fraction of sp³-hybridized carbons (Fsp3) is 0.333. The number of nitrogens with two attached hydrogens (primary N) is 1. The lowest BCUT2D eigenvalue weighted by Gasteiger charge is -2.12. The number of nitrogen functional groups attached to an aromatic ring is 1. The number of benzene rings is 1. The highest BCUT2D eigenvalue weighted by Gasteiger charge is 2.20. The first-order chi connectivity index (χ1) is 9.81. The Morgan fingerprint density at radius 2 is 1.90 bits per heavy atom. The fourth-order valence-corrected chi connectivity index (χ4v) is 2.94. The van der Waals surface area contributed by atoms with Crippen LogP contribution < -0.4 is 11.1 Å². The second kappa shape index (κ2) is 5.89. The number of hydrogen-bond acceptors (Lipinski definition) is 3. The zero-order chi connectivity index (χ0) is 15.7. The van der Waals surface area contributed by atoms with Crippen LogP contribution >= 0.6 is 15.9 Å². The van der Waals surface area contributed by atoms with Crippen molar-refractivity contribution in [2.75, 3.05) is 11.1 Å². The molecular formula is C15H19BrN4O. The third kappa shape index (κ3) is 3.10. The molecule has 1 aromatic carbocycles. The molecule has 0 aliphatic rings. The number of carbonyl (C=O) groups is 1. The van der Waals surface area contributed by atoms with Crippen molar-refractivity contribution < 1.29 is 4.79 Å². The number of hydrogen-bond donors (Lipinski definition) is 3. The monoisotopic (exact) mass is 350 g/mol. The number of amides is 1. The summed E-state index contributed by atoms with van der Waals surface area (Å²) in [5.41, 5.74) is 10.2. The van der Waals surface area contributed by atoms with Gasteiger partial charge in [0.05, 0.1) is 11.4 Å². The molecule has 2 aromatic rings. The Hall–Kier alpha value is -1.82. The number of H-pyrrole nitrogens is 1. The van der Waals surface area contributed by atoms with E-state index in [4.69, 9.17) is 5.73 Å². The summed E-state index contributed by atoms with van der Waals surface area (Å²) in [6.07, 6.45) is 0. The third-order valence-electron chi connectivity index (χ3n) is 3.36. The molecule has 0 radical (unpaired) electrons. The van der Waals surface area contributed by atoms with Gasteiger partial charge in [0.2, 0.25) is 0 Å². The molecule has 0 atom stereocenters. The minimum absolute atomic E-state index is 0.190. The summed E-state index contributed by atoms with van der Waals surface area (Å²) in [5.74, 6) is -0.112. The van der Waals surface area contributed by atoms with E-state index in [1.54, 1.807) is 0 Å². The van der Waals surface area contributed by atoms with E-state index in [2.05, 4.69) is 31.4 Å². The van der Waals surface area contributed by atoms with Crippen LogP contribution in [0.3, 0.4) is 0 Å². The summed E-state index contributed by atoms with van der Waals surface area (Å²) in [6.45, 7) is 7.88. The molecule has 1 aromatic heterocycles. The van der Waals surface area contributed by atoms with Gasteiger partial charge in [0, 0.05) is 10.2 Å². The number of nitrogens with zero attached hydrogens (tertiary/aromatic N) is 1. The Kier molecular flexibility index (Phi) is 4.37. The van der Waals surface area contributed by atoms with E-state index in [-0.39, 0.29) is 17.5 Å². The Bertz CT molecular complexity index is 668. The molecule has 1 amide bonds. The molecule has 0 bridgehead atoms. The van der Waals surface area contributed by atoms with Crippen LogP contribution in [-0.4, -0.2) is 16.1 Å². The maximum Gasteiger partial charge on any atom is 0.278 e. The van der Waals surface area contributed by atoms with Gasteiger partial charge in [-0.3, -0.25) is 9.89 Å². The van der Waals surface area contributed by atoms with Crippen LogP contribution in [0, 0.1) is 13.8 Å². The van der Waals surface area contributed by atoms with Gasteiger partial charge in [0.25, 0.3) is 5.91 Å². The predicted molar refractivity (Wildman–Crippen MR) is 88.7 cm³/mol. The highest BCUT2D eigenvalue weighted by Crippen LogP contribution is 2.27. The molecule has 112 valence electrons. The van der Waals surface area contributed by atoms with Crippen LogP contribution in [0.2, 0.25) is 0 Å². The van der Waals surface area contributed by atoms with E-state index in [1.165, 1.54) is 0 Å². The second-order valence-corrected chi connectivity index (χ2v) is 6.34. The third-order valence-corrected chi connectivity index (χ3v) is 3.82. The van der Waals surface area contributed by atoms with Gasteiger partial charge in [0.1, 0.15) is 0 Å². The first kappa shape index (κ1) is 15.6. The molecule has 0 unspecified atom stereocenters. The van der Waals surface area contributed by atoms with Crippen molar-refractivity contribution in [2.24, 2.45) is 0 Å². The van der Waals surface area contributed by atoms with Gasteiger partial charge >= 0.3 is 0 Å². The quantitative estimate of drug-likeness (QED) is 0.788. The molecular weight excluding hydrogens is 332 g/mol. The van der Waals surface area contributed by atoms with Crippen LogP contribution in [0.4, 0.5) is 11.4 Å². The largest absolute Gasteiger partial charge is 0.395 e. The van der Waals surface area contributed by atoms with Crippen molar-refractivity contribution in [3.8, 4) is 0 Å². The van der Waals surface area contributed by atoms with E-state index < -0.39 is 0 Å². The maximum absolute atomic E-state index is 12.4. The van der Waals surface area contributed by atoms with Gasteiger partial charge in [0.15, 0.2) is 5.69 Å². The van der Waals surface area contributed by atoms with E-state index in [1.807, 2.05) is 39.8 Å². The van der Waals surface area contributed by atoms with E-state index in [9.17, 15) is 4.79 Å². The summed E-state index contributed by atoms with van der Waals surface area (Å²) in [5, 5.41) is 9.77. The summed E-state index contributed by atoms with van der Waals surface area (Å²) >= 11 is 3.44. The molecule has 0 saturated heterocycles. The smallest absolute Gasteiger partial charge is 0.278 e. The van der Waals surface area contributed by atoms with Crippen molar-refractivity contribution in [3.63, 3.8) is 0 Å². The minimum atomic E-state index is -0.302. The zero-order valence-electron chi connectivity index (χ0n) is 12.5. The standard InChI is InChI=1S/C15H19BrN4O/c1-7(2)12-11(17)14(20-19-12)15(21)18-13-8(3)5-10(16)6-9(13)4/h5-7H,17H2,1-4H3,(H,18,21)(H,19,20). The number of carbonyl (C=O) groups excluding carboxylic acids is 1. The summed E-state index contributed by atoms with van der Waals surface area (Å²) < 4.78 is 0.983. The van der Waals surface area contributed by atoms with Crippen molar-refractivity contribution in [1.29, 1.82) is 0 Å². The van der Waals surface area contributed by atoms with Crippen LogP contribution in [0.15, 0.2) is 16.6 Å². The molecule has 6 heteroatoms. The molecule has 0 aliphatic carbocycles. The number of halogens is 1. The van der Waals surface area contributed by atoms with Gasteiger partial charge in [-0.2, -0.15) is 5.10 Å². The molecule has 0 fully saturated rings. The number of aryl methyl sites for hydroxylation is 2. The highest BCUT2D eigenvalue weighted by molar-refractivity contribution is 9.10. The SMILES string of the molecule is Cc1cc(Br)cc(C)c1NC(=O)c1n[nH]c(C(C)C)c1N. The predicted octanol–water partition coefficient (Wildman–Crippen LogP) is 3.75. The maximum atomic E-state index is 12.4. The number of aromatic nitrogens is 2. The molecule has 1 heterocycles. The lowest BCUT2D eigenvalue weighted by Crippen LogP contribution is -2.16. The Labute approximate surface area is 132 Å². The molecule has 0 saturated carbocycles. The van der Waals surface area contributed by atoms with Crippen molar-refractivity contribution in [3.05, 3.63) is 39.1 Å². The molecule has 4 N–H and O–H groups in total. The molecule has 5 nitrogen and oxygen atoms in total. The van der Waals surface area contributed by atoms with E-state index >= 15 is 0 Å².